The Morgan fingerprint density at radius 2 is 1.69 bits per heavy atom. The summed E-state index contributed by atoms with van der Waals surface area (Å²) in [6.07, 6.45) is 1.11. The van der Waals surface area contributed by atoms with Gasteiger partial charge in [0.1, 0.15) is 0 Å². The zero-order valence-electron chi connectivity index (χ0n) is 15.1. The molecule has 0 saturated heterocycles. The standard InChI is InChI=1S/C21H25NO4/c1-3-15(16-9-11-18(12-10-16)21(25)26-2)13-20(24)22-19(14-23)17-7-5-4-6-8-17/h4-12,15,19,23H,3,13-14H2,1-2H3,(H,22,24)/t15-,19+/m0/s1. The molecule has 0 aliphatic carbocycles. The summed E-state index contributed by atoms with van der Waals surface area (Å²) in [7, 11) is 1.35. The molecule has 138 valence electrons. The highest BCUT2D eigenvalue weighted by Crippen LogP contribution is 2.24. The summed E-state index contributed by atoms with van der Waals surface area (Å²) in [5.74, 6) is -0.454. The van der Waals surface area contributed by atoms with E-state index in [2.05, 4.69) is 5.32 Å². The second kappa shape index (κ2) is 9.73. The van der Waals surface area contributed by atoms with E-state index in [9.17, 15) is 14.7 Å². The normalized spacial score (nSPS) is 12.9. The number of methoxy groups -OCH3 is 1. The number of carbonyl (C=O) groups excluding carboxylic acids is 2. The van der Waals surface area contributed by atoms with Crippen molar-refractivity contribution in [2.24, 2.45) is 0 Å². The molecule has 0 saturated carbocycles. The van der Waals surface area contributed by atoms with Crippen molar-refractivity contribution in [3.05, 3.63) is 71.3 Å². The predicted octanol–water partition coefficient (Wildman–Crippen LogP) is 3.21. The van der Waals surface area contributed by atoms with Crippen LogP contribution in [0.1, 0.15) is 53.2 Å². The number of aliphatic hydroxyl groups excluding tert-OH is 1. The van der Waals surface area contributed by atoms with E-state index in [4.69, 9.17) is 4.74 Å². The molecule has 2 N–H and O–H groups in total. The molecule has 0 fully saturated rings. The zero-order valence-corrected chi connectivity index (χ0v) is 15.1. The molecule has 0 aliphatic rings. The Balaban J connectivity index is 2.02. The fourth-order valence-electron chi connectivity index (χ4n) is 2.90. The number of hydrogen-bond acceptors (Lipinski definition) is 4. The van der Waals surface area contributed by atoms with Gasteiger partial charge in [-0.1, -0.05) is 49.4 Å². The van der Waals surface area contributed by atoms with Crippen LogP contribution in [-0.4, -0.2) is 30.7 Å². The Morgan fingerprint density at radius 3 is 2.23 bits per heavy atom. The fourth-order valence-corrected chi connectivity index (χ4v) is 2.90. The lowest BCUT2D eigenvalue weighted by Crippen LogP contribution is -2.31. The first-order valence-corrected chi connectivity index (χ1v) is 8.72. The third-order valence-corrected chi connectivity index (χ3v) is 4.45. The largest absolute Gasteiger partial charge is 0.465 e. The summed E-state index contributed by atoms with van der Waals surface area (Å²) in [6, 6.07) is 16.1. The lowest BCUT2D eigenvalue weighted by molar-refractivity contribution is -0.122. The smallest absolute Gasteiger partial charge is 0.337 e. The molecular formula is C21H25NO4. The van der Waals surface area contributed by atoms with Gasteiger partial charge in [0.25, 0.3) is 0 Å². The van der Waals surface area contributed by atoms with Crippen molar-refractivity contribution in [2.45, 2.75) is 31.7 Å². The van der Waals surface area contributed by atoms with Gasteiger partial charge >= 0.3 is 5.97 Å². The summed E-state index contributed by atoms with van der Waals surface area (Å²) in [4.78, 5) is 24.0. The molecule has 2 rings (SSSR count). The summed E-state index contributed by atoms with van der Waals surface area (Å²) in [5.41, 5.74) is 2.36. The lowest BCUT2D eigenvalue weighted by Gasteiger charge is -2.20. The molecule has 0 heterocycles. The third kappa shape index (κ3) is 5.17. The molecule has 1 amide bonds. The maximum Gasteiger partial charge on any atom is 0.337 e. The monoisotopic (exact) mass is 355 g/mol. The minimum absolute atomic E-state index is 0.0387. The molecule has 2 aromatic rings. The molecule has 0 spiro atoms. The molecule has 5 nitrogen and oxygen atoms in total. The first-order valence-electron chi connectivity index (χ1n) is 8.72. The van der Waals surface area contributed by atoms with E-state index < -0.39 is 6.04 Å². The minimum atomic E-state index is -0.414. The maximum atomic E-state index is 12.5. The minimum Gasteiger partial charge on any atom is -0.465 e. The predicted molar refractivity (Wildman–Crippen MR) is 99.8 cm³/mol. The average Bonchev–Trinajstić information content (AvgIpc) is 2.70. The van der Waals surface area contributed by atoms with E-state index in [1.807, 2.05) is 49.4 Å². The number of nitrogens with one attached hydrogen (secondary N) is 1. The molecule has 5 heteroatoms. The van der Waals surface area contributed by atoms with Gasteiger partial charge < -0.3 is 15.2 Å². The number of carbonyl (C=O) groups is 2. The Labute approximate surface area is 154 Å². The molecule has 2 atom stereocenters. The van der Waals surface area contributed by atoms with Crippen molar-refractivity contribution in [1.82, 2.24) is 5.32 Å². The van der Waals surface area contributed by atoms with Crippen molar-refractivity contribution in [2.75, 3.05) is 13.7 Å². The van der Waals surface area contributed by atoms with Crippen LogP contribution in [0.25, 0.3) is 0 Å². The molecule has 0 bridgehead atoms. The highest BCUT2D eigenvalue weighted by atomic mass is 16.5. The number of ether oxygens (including phenoxy) is 1. The Kier molecular flexibility index (Phi) is 7.36. The SMILES string of the molecule is CC[C@@H](CC(=O)N[C@H](CO)c1ccccc1)c1ccc(C(=O)OC)cc1. The van der Waals surface area contributed by atoms with Gasteiger partial charge in [0.05, 0.1) is 25.3 Å². The maximum absolute atomic E-state index is 12.5. The van der Waals surface area contributed by atoms with Crippen LogP contribution in [0.4, 0.5) is 0 Å². The van der Waals surface area contributed by atoms with E-state index in [0.717, 1.165) is 17.5 Å². The van der Waals surface area contributed by atoms with E-state index in [-0.39, 0.29) is 24.4 Å². The van der Waals surface area contributed by atoms with Gasteiger partial charge in [0.2, 0.25) is 5.91 Å². The van der Waals surface area contributed by atoms with Crippen LogP contribution in [0.2, 0.25) is 0 Å². The van der Waals surface area contributed by atoms with Crippen LogP contribution in [0, 0.1) is 0 Å². The summed E-state index contributed by atoms with van der Waals surface area (Å²) in [5, 5.41) is 12.5. The van der Waals surface area contributed by atoms with Crippen molar-refractivity contribution >= 4 is 11.9 Å². The van der Waals surface area contributed by atoms with Gasteiger partial charge in [-0.15, -0.1) is 0 Å². The van der Waals surface area contributed by atoms with E-state index >= 15 is 0 Å². The van der Waals surface area contributed by atoms with Crippen LogP contribution in [-0.2, 0) is 9.53 Å². The first-order chi connectivity index (χ1) is 12.6. The molecule has 26 heavy (non-hydrogen) atoms. The van der Waals surface area contributed by atoms with Crippen LogP contribution < -0.4 is 5.32 Å². The van der Waals surface area contributed by atoms with Gasteiger partial charge in [-0.3, -0.25) is 4.79 Å². The van der Waals surface area contributed by atoms with Crippen LogP contribution in [0.3, 0.4) is 0 Å². The summed E-state index contributed by atoms with van der Waals surface area (Å²) >= 11 is 0. The van der Waals surface area contributed by atoms with Crippen molar-refractivity contribution in [3.8, 4) is 0 Å². The number of aliphatic hydroxyl groups is 1. The summed E-state index contributed by atoms with van der Waals surface area (Å²) in [6.45, 7) is 1.87. The van der Waals surface area contributed by atoms with Crippen molar-refractivity contribution in [1.29, 1.82) is 0 Å². The molecular weight excluding hydrogens is 330 g/mol. The highest BCUT2D eigenvalue weighted by molar-refractivity contribution is 5.89. The van der Waals surface area contributed by atoms with Gasteiger partial charge in [-0.2, -0.15) is 0 Å². The number of rotatable bonds is 8. The molecule has 0 unspecified atom stereocenters. The van der Waals surface area contributed by atoms with E-state index in [1.54, 1.807) is 12.1 Å². The van der Waals surface area contributed by atoms with E-state index in [1.165, 1.54) is 7.11 Å². The van der Waals surface area contributed by atoms with Crippen LogP contribution in [0.5, 0.6) is 0 Å². The van der Waals surface area contributed by atoms with Gasteiger partial charge in [-0.05, 0) is 35.6 Å². The average molecular weight is 355 g/mol. The zero-order chi connectivity index (χ0) is 18.9. The lowest BCUT2D eigenvalue weighted by atomic mass is 9.92. The number of amides is 1. The number of benzene rings is 2. The second-order valence-corrected chi connectivity index (χ2v) is 6.14. The molecule has 0 radical (unpaired) electrons. The fraction of sp³-hybridized carbons (Fsp3) is 0.333. The van der Waals surface area contributed by atoms with Crippen molar-refractivity contribution in [3.63, 3.8) is 0 Å². The number of hydrogen-bond donors (Lipinski definition) is 2. The van der Waals surface area contributed by atoms with Crippen LogP contribution >= 0.6 is 0 Å². The topological polar surface area (TPSA) is 75.6 Å². The van der Waals surface area contributed by atoms with Crippen molar-refractivity contribution < 1.29 is 19.4 Å². The molecule has 0 aliphatic heterocycles. The summed E-state index contributed by atoms with van der Waals surface area (Å²) < 4.78 is 4.70. The van der Waals surface area contributed by atoms with Crippen LogP contribution in [0.15, 0.2) is 54.6 Å². The van der Waals surface area contributed by atoms with Gasteiger partial charge in [0.15, 0.2) is 0 Å². The Bertz CT molecular complexity index is 713. The van der Waals surface area contributed by atoms with Gasteiger partial charge in [-0.25, -0.2) is 4.79 Å². The molecule has 2 aromatic carbocycles. The number of esters is 1. The highest BCUT2D eigenvalue weighted by Gasteiger charge is 2.18. The quantitative estimate of drug-likeness (QED) is 0.713. The van der Waals surface area contributed by atoms with Gasteiger partial charge in [0, 0.05) is 6.42 Å². The molecule has 0 aromatic heterocycles. The Morgan fingerprint density at radius 1 is 1.04 bits per heavy atom. The second-order valence-electron chi connectivity index (χ2n) is 6.14. The van der Waals surface area contributed by atoms with E-state index in [0.29, 0.717) is 12.0 Å². The first kappa shape index (κ1) is 19.7. The third-order valence-electron chi connectivity index (χ3n) is 4.45. The Hall–Kier alpha value is -2.66.